The van der Waals surface area contributed by atoms with E-state index in [1.807, 2.05) is 24.3 Å². The van der Waals surface area contributed by atoms with Crippen LogP contribution in [0.4, 0.5) is 10.5 Å². The van der Waals surface area contributed by atoms with Crippen LogP contribution in [0.2, 0.25) is 5.02 Å². The van der Waals surface area contributed by atoms with Crippen LogP contribution in [-0.2, 0) is 16.2 Å². The van der Waals surface area contributed by atoms with Gasteiger partial charge in [0.15, 0.2) is 0 Å². The van der Waals surface area contributed by atoms with Crippen LogP contribution >= 0.6 is 59.4 Å². The molecule has 0 atom stereocenters. The molecule has 1 fully saturated rings. The Hall–Kier alpha value is -2.46. The third-order valence-corrected chi connectivity index (χ3v) is 6.85. The predicted octanol–water partition coefficient (Wildman–Crippen LogP) is 6.87. The van der Waals surface area contributed by atoms with Crippen LogP contribution in [0.15, 0.2) is 79.7 Å². The molecule has 3 aromatic rings. The summed E-state index contributed by atoms with van der Waals surface area (Å²) >= 11 is 16.5. The Labute approximate surface area is 225 Å². The van der Waals surface area contributed by atoms with Gasteiger partial charge in [-0.05, 0) is 85.5 Å². The molecule has 3 aromatic carbocycles. The number of imide groups is 2. The molecule has 1 saturated heterocycles. The molecule has 0 unspecified atom stereocenters. The second kappa shape index (κ2) is 10.4. The molecular weight excluding hydrogens is 655 g/mol. The van der Waals surface area contributed by atoms with Crippen molar-refractivity contribution >= 4 is 89.0 Å². The second-order valence-corrected chi connectivity index (χ2v) is 10.2. The van der Waals surface area contributed by atoms with E-state index < -0.39 is 17.8 Å². The minimum absolute atomic E-state index is 0.184. The van der Waals surface area contributed by atoms with Gasteiger partial charge in [0.2, 0.25) is 0 Å². The zero-order valence-electron chi connectivity index (χ0n) is 17.2. The minimum Gasteiger partial charge on any atom is -0.487 e. The first-order valence-corrected chi connectivity index (χ1v) is 12.5. The van der Waals surface area contributed by atoms with Gasteiger partial charge in [0.25, 0.3) is 11.8 Å². The van der Waals surface area contributed by atoms with E-state index in [1.165, 1.54) is 12.1 Å². The maximum Gasteiger partial charge on any atom is 0.335 e. The van der Waals surface area contributed by atoms with Crippen molar-refractivity contribution < 1.29 is 19.1 Å². The summed E-state index contributed by atoms with van der Waals surface area (Å²) in [4.78, 5) is 38.8. The molecule has 34 heavy (non-hydrogen) atoms. The molecular formula is C24H14Br3ClN2O4. The maximum absolute atomic E-state index is 13.1. The highest BCUT2D eigenvalue weighted by Gasteiger charge is 2.37. The number of para-hydroxylation sites is 1. The standard InChI is InChI=1S/C24H14Br3ClN2O4/c25-15-7-5-13(6-8-15)12-34-21-17(26)10-14(11-18(21)27)9-16-22(31)29-24(33)30(23(16)32)20-4-2-1-3-19(20)28/h1-11H,12H2,(H,29,31,33)/b16-9+. The Morgan fingerprint density at radius 3 is 2.24 bits per heavy atom. The number of carbonyl (C=O) groups is 3. The summed E-state index contributed by atoms with van der Waals surface area (Å²) in [6.07, 6.45) is 1.40. The number of rotatable bonds is 5. The van der Waals surface area contributed by atoms with Gasteiger partial charge < -0.3 is 4.74 Å². The van der Waals surface area contributed by atoms with E-state index >= 15 is 0 Å². The number of hydrogen-bond acceptors (Lipinski definition) is 4. The van der Waals surface area contributed by atoms with Crippen LogP contribution < -0.4 is 15.0 Å². The van der Waals surface area contributed by atoms with Crippen molar-refractivity contribution in [2.45, 2.75) is 6.61 Å². The Balaban J connectivity index is 1.61. The molecule has 0 bridgehead atoms. The molecule has 1 aliphatic rings. The number of amides is 4. The van der Waals surface area contributed by atoms with Crippen molar-refractivity contribution in [3.63, 3.8) is 0 Å². The average Bonchev–Trinajstić information content (AvgIpc) is 2.78. The van der Waals surface area contributed by atoms with Crippen LogP contribution in [0.3, 0.4) is 0 Å². The first-order chi connectivity index (χ1) is 16.2. The average molecular weight is 670 g/mol. The summed E-state index contributed by atoms with van der Waals surface area (Å²) in [6.45, 7) is 0.348. The summed E-state index contributed by atoms with van der Waals surface area (Å²) in [5.41, 5.74) is 1.51. The fourth-order valence-corrected chi connectivity index (χ4v) is 5.15. The normalized spacial score (nSPS) is 15.0. The maximum atomic E-state index is 13.1. The van der Waals surface area contributed by atoms with Gasteiger partial charge in [-0.2, -0.15) is 0 Å². The van der Waals surface area contributed by atoms with E-state index in [0.717, 1.165) is 14.9 Å². The molecule has 0 saturated carbocycles. The molecule has 0 radical (unpaired) electrons. The van der Waals surface area contributed by atoms with Crippen LogP contribution in [0, 0.1) is 0 Å². The highest BCUT2D eigenvalue weighted by atomic mass is 79.9. The summed E-state index contributed by atoms with van der Waals surface area (Å²) in [6, 6.07) is 16.7. The summed E-state index contributed by atoms with van der Waals surface area (Å²) in [7, 11) is 0. The third-order valence-electron chi connectivity index (χ3n) is 4.82. The van der Waals surface area contributed by atoms with Crippen LogP contribution in [0.25, 0.3) is 6.08 Å². The van der Waals surface area contributed by atoms with E-state index in [0.29, 0.717) is 26.9 Å². The van der Waals surface area contributed by atoms with Crippen molar-refractivity contribution in [3.8, 4) is 5.75 Å². The van der Waals surface area contributed by atoms with E-state index in [1.54, 1.807) is 30.3 Å². The highest BCUT2D eigenvalue weighted by Crippen LogP contribution is 2.36. The molecule has 172 valence electrons. The lowest BCUT2D eigenvalue weighted by molar-refractivity contribution is -0.122. The van der Waals surface area contributed by atoms with Crippen molar-refractivity contribution in [2.75, 3.05) is 4.90 Å². The summed E-state index contributed by atoms with van der Waals surface area (Å²) in [5, 5.41) is 2.39. The number of nitrogens with one attached hydrogen (secondary N) is 1. The van der Waals surface area contributed by atoms with E-state index in [9.17, 15) is 14.4 Å². The molecule has 1 N–H and O–H groups in total. The van der Waals surface area contributed by atoms with Crippen LogP contribution in [-0.4, -0.2) is 17.8 Å². The Bertz CT molecular complexity index is 1320. The van der Waals surface area contributed by atoms with Gasteiger partial charge in [-0.1, -0.05) is 51.8 Å². The monoisotopic (exact) mass is 666 g/mol. The van der Waals surface area contributed by atoms with Crippen molar-refractivity contribution in [2.24, 2.45) is 0 Å². The highest BCUT2D eigenvalue weighted by molar-refractivity contribution is 9.11. The summed E-state index contributed by atoms with van der Waals surface area (Å²) < 4.78 is 8.16. The SMILES string of the molecule is O=C1NC(=O)N(c2ccccc2Cl)C(=O)/C1=C/c1cc(Br)c(OCc2ccc(Br)cc2)c(Br)c1. The quantitative estimate of drug-likeness (QED) is 0.238. The van der Waals surface area contributed by atoms with E-state index in [-0.39, 0.29) is 16.3 Å². The van der Waals surface area contributed by atoms with Gasteiger partial charge in [0, 0.05) is 4.47 Å². The molecule has 4 amide bonds. The van der Waals surface area contributed by atoms with Crippen molar-refractivity contribution in [3.05, 3.63) is 95.8 Å². The topological polar surface area (TPSA) is 75.7 Å². The first kappa shape index (κ1) is 24.7. The molecule has 4 rings (SSSR count). The zero-order chi connectivity index (χ0) is 24.4. The Morgan fingerprint density at radius 2 is 1.59 bits per heavy atom. The smallest absolute Gasteiger partial charge is 0.335 e. The lowest BCUT2D eigenvalue weighted by atomic mass is 10.1. The Kier molecular flexibility index (Phi) is 7.57. The van der Waals surface area contributed by atoms with E-state index in [4.69, 9.17) is 16.3 Å². The van der Waals surface area contributed by atoms with Gasteiger partial charge in [0.1, 0.15) is 17.9 Å². The fourth-order valence-electron chi connectivity index (χ4n) is 3.21. The molecule has 6 nitrogen and oxygen atoms in total. The lowest BCUT2D eigenvalue weighted by Gasteiger charge is -2.27. The minimum atomic E-state index is -0.862. The van der Waals surface area contributed by atoms with Crippen LogP contribution in [0.5, 0.6) is 5.75 Å². The number of nitrogens with zero attached hydrogens (tertiary/aromatic N) is 1. The van der Waals surface area contributed by atoms with Gasteiger partial charge in [0.05, 0.1) is 19.7 Å². The van der Waals surface area contributed by atoms with Gasteiger partial charge >= 0.3 is 6.03 Å². The third kappa shape index (κ3) is 5.27. The number of ether oxygens (including phenoxy) is 1. The van der Waals surface area contributed by atoms with Gasteiger partial charge in [-0.15, -0.1) is 0 Å². The number of carbonyl (C=O) groups excluding carboxylic acids is 3. The van der Waals surface area contributed by atoms with E-state index in [2.05, 4.69) is 53.1 Å². The number of hydrogen-bond donors (Lipinski definition) is 1. The molecule has 10 heteroatoms. The Morgan fingerprint density at radius 1 is 0.941 bits per heavy atom. The number of barbiturate groups is 1. The number of anilines is 1. The fraction of sp³-hybridized carbons (Fsp3) is 0.0417. The van der Waals surface area contributed by atoms with Gasteiger partial charge in [-0.25, -0.2) is 9.69 Å². The number of urea groups is 1. The molecule has 1 heterocycles. The van der Waals surface area contributed by atoms with Gasteiger partial charge in [-0.3, -0.25) is 14.9 Å². The predicted molar refractivity (Wildman–Crippen MR) is 141 cm³/mol. The van der Waals surface area contributed by atoms with Crippen molar-refractivity contribution in [1.82, 2.24) is 5.32 Å². The lowest BCUT2D eigenvalue weighted by Crippen LogP contribution is -2.54. The second-order valence-electron chi connectivity index (χ2n) is 7.14. The molecule has 0 aliphatic carbocycles. The molecule has 0 spiro atoms. The first-order valence-electron chi connectivity index (χ1n) is 9.77. The number of benzene rings is 3. The largest absolute Gasteiger partial charge is 0.487 e. The van der Waals surface area contributed by atoms with Crippen LogP contribution in [0.1, 0.15) is 11.1 Å². The summed E-state index contributed by atoms with van der Waals surface area (Å²) in [5.74, 6) is -0.997. The zero-order valence-corrected chi connectivity index (χ0v) is 22.7. The molecule has 0 aromatic heterocycles. The number of halogens is 4. The van der Waals surface area contributed by atoms with Crippen molar-refractivity contribution in [1.29, 1.82) is 0 Å². The molecule has 1 aliphatic heterocycles.